The zero-order valence-corrected chi connectivity index (χ0v) is 15.9. The number of ether oxygens (including phenoxy) is 1. The Morgan fingerprint density at radius 1 is 1.22 bits per heavy atom. The van der Waals surface area contributed by atoms with E-state index in [4.69, 9.17) is 4.74 Å². The van der Waals surface area contributed by atoms with E-state index in [2.05, 4.69) is 15.6 Å². The molecule has 2 aromatic rings. The van der Waals surface area contributed by atoms with Gasteiger partial charge in [-0.25, -0.2) is 0 Å². The second kappa shape index (κ2) is 8.20. The highest BCUT2D eigenvalue weighted by molar-refractivity contribution is 5.87. The van der Waals surface area contributed by atoms with E-state index in [9.17, 15) is 9.59 Å². The van der Waals surface area contributed by atoms with E-state index in [1.807, 2.05) is 50.2 Å². The summed E-state index contributed by atoms with van der Waals surface area (Å²) in [4.78, 5) is 28.2. The zero-order chi connectivity index (χ0) is 19.4. The normalized spacial score (nSPS) is 16.4. The van der Waals surface area contributed by atoms with Crippen LogP contribution < -0.4 is 15.4 Å². The number of hydrogen-bond acceptors (Lipinski definition) is 4. The van der Waals surface area contributed by atoms with Crippen molar-refractivity contribution < 1.29 is 14.3 Å². The van der Waals surface area contributed by atoms with Crippen molar-refractivity contribution in [3.05, 3.63) is 48.2 Å². The first-order valence-corrected chi connectivity index (χ1v) is 9.20. The summed E-state index contributed by atoms with van der Waals surface area (Å²) in [5, 5.41) is 5.61. The molecule has 2 atom stereocenters. The SMILES string of the molecule is CC(=O)N[C@H](C(=O)NC[C@@H]1Cc2cccc(-c3ccccn3)c2O1)C(C)C. The fourth-order valence-corrected chi connectivity index (χ4v) is 3.25. The van der Waals surface area contributed by atoms with E-state index in [0.29, 0.717) is 6.54 Å². The molecule has 6 heteroatoms. The number of fused-ring (bicyclic) bond motifs is 1. The Kier molecular flexibility index (Phi) is 5.74. The van der Waals surface area contributed by atoms with Crippen LogP contribution in [-0.4, -0.2) is 35.5 Å². The summed E-state index contributed by atoms with van der Waals surface area (Å²) < 4.78 is 6.12. The Labute approximate surface area is 159 Å². The van der Waals surface area contributed by atoms with Gasteiger partial charge in [0.15, 0.2) is 0 Å². The quantitative estimate of drug-likeness (QED) is 0.821. The number of benzene rings is 1. The maximum Gasteiger partial charge on any atom is 0.242 e. The molecule has 0 bridgehead atoms. The maximum atomic E-state index is 12.4. The molecule has 1 aromatic heterocycles. The third-order valence-electron chi connectivity index (χ3n) is 4.58. The first kappa shape index (κ1) is 18.9. The van der Waals surface area contributed by atoms with E-state index in [-0.39, 0.29) is 23.8 Å². The van der Waals surface area contributed by atoms with Gasteiger partial charge >= 0.3 is 0 Å². The third kappa shape index (κ3) is 4.45. The van der Waals surface area contributed by atoms with Crippen LogP contribution in [0.25, 0.3) is 11.3 Å². The van der Waals surface area contributed by atoms with Gasteiger partial charge in [-0.2, -0.15) is 0 Å². The number of rotatable bonds is 6. The number of aromatic nitrogens is 1. The fraction of sp³-hybridized carbons (Fsp3) is 0.381. The van der Waals surface area contributed by atoms with Crippen molar-refractivity contribution in [2.24, 2.45) is 5.92 Å². The van der Waals surface area contributed by atoms with Gasteiger partial charge in [0.1, 0.15) is 17.9 Å². The molecule has 27 heavy (non-hydrogen) atoms. The molecule has 1 aliphatic heterocycles. The molecule has 2 N–H and O–H groups in total. The Bertz CT molecular complexity index is 821. The number of pyridine rings is 1. The number of carbonyl (C=O) groups excluding carboxylic acids is 2. The highest BCUT2D eigenvalue weighted by Gasteiger charge is 2.28. The molecule has 2 heterocycles. The van der Waals surface area contributed by atoms with Gasteiger partial charge in [0, 0.05) is 25.1 Å². The molecule has 0 spiro atoms. The smallest absolute Gasteiger partial charge is 0.242 e. The minimum Gasteiger partial charge on any atom is -0.487 e. The van der Waals surface area contributed by atoms with Crippen molar-refractivity contribution in [3.63, 3.8) is 0 Å². The molecule has 3 rings (SSSR count). The van der Waals surface area contributed by atoms with Gasteiger partial charge < -0.3 is 15.4 Å². The van der Waals surface area contributed by atoms with Crippen LogP contribution in [0.1, 0.15) is 26.3 Å². The summed E-state index contributed by atoms with van der Waals surface area (Å²) in [6.07, 6.45) is 2.34. The number of amides is 2. The molecule has 0 saturated carbocycles. The summed E-state index contributed by atoms with van der Waals surface area (Å²) in [6, 6.07) is 11.3. The molecular formula is C21H25N3O3. The largest absolute Gasteiger partial charge is 0.487 e. The fourth-order valence-electron chi connectivity index (χ4n) is 3.25. The number of para-hydroxylation sites is 1. The van der Waals surface area contributed by atoms with Crippen LogP contribution >= 0.6 is 0 Å². The van der Waals surface area contributed by atoms with Crippen LogP contribution in [0.4, 0.5) is 0 Å². The van der Waals surface area contributed by atoms with Gasteiger partial charge in [-0.3, -0.25) is 14.6 Å². The van der Waals surface area contributed by atoms with E-state index < -0.39 is 6.04 Å². The standard InChI is InChI=1S/C21H25N3O3/c1-13(2)19(24-14(3)25)21(26)23-12-16-11-15-7-6-8-17(20(15)27-16)18-9-4-5-10-22-18/h4-10,13,16,19H,11-12H2,1-3H3,(H,23,26)(H,24,25)/t16-,19-/m0/s1. The third-order valence-corrected chi connectivity index (χ3v) is 4.58. The lowest BCUT2D eigenvalue weighted by molar-refractivity contribution is -0.129. The van der Waals surface area contributed by atoms with Gasteiger partial charge in [0.2, 0.25) is 11.8 Å². The van der Waals surface area contributed by atoms with Crippen LogP contribution in [-0.2, 0) is 16.0 Å². The second-order valence-corrected chi connectivity index (χ2v) is 7.12. The number of nitrogens with zero attached hydrogens (tertiary/aromatic N) is 1. The molecule has 1 aromatic carbocycles. The highest BCUT2D eigenvalue weighted by Crippen LogP contribution is 2.37. The molecule has 0 fully saturated rings. The first-order valence-electron chi connectivity index (χ1n) is 9.20. The topological polar surface area (TPSA) is 80.3 Å². The molecule has 0 saturated heterocycles. The van der Waals surface area contributed by atoms with Crippen LogP contribution in [0.15, 0.2) is 42.6 Å². The van der Waals surface area contributed by atoms with Crippen molar-refractivity contribution >= 4 is 11.8 Å². The predicted molar refractivity (Wildman–Crippen MR) is 103 cm³/mol. The van der Waals surface area contributed by atoms with E-state index in [1.54, 1.807) is 6.20 Å². The van der Waals surface area contributed by atoms with E-state index in [0.717, 1.165) is 29.0 Å². The van der Waals surface area contributed by atoms with Crippen LogP contribution in [0, 0.1) is 5.92 Å². The van der Waals surface area contributed by atoms with Gasteiger partial charge in [-0.1, -0.05) is 32.0 Å². The molecule has 0 aliphatic carbocycles. The van der Waals surface area contributed by atoms with Crippen LogP contribution in [0.2, 0.25) is 0 Å². The molecule has 0 radical (unpaired) electrons. The van der Waals surface area contributed by atoms with E-state index in [1.165, 1.54) is 6.92 Å². The Morgan fingerprint density at radius 3 is 2.70 bits per heavy atom. The lowest BCUT2D eigenvalue weighted by Crippen LogP contribution is -2.50. The molecule has 1 aliphatic rings. The maximum absolute atomic E-state index is 12.4. The van der Waals surface area contributed by atoms with Crippen LogP contribution in [0.5, 0.6) is 5.75 Å². The van der Waals surface area contributed by atoms with Gasteiger partial charge in [0.25, 0.3) is 0 Å². The lowest BCUT2D eigenvalue weighted by atomic mass is 10.0. The highest BCUT2D eigenvalue weighted by atomic mass is 16.5. The molecular weight excluding hydrogens is 342 g/mol. The van der Waals surface area contributed by atoms with E-state index >= 15 is 0 Å². The summed E-state index contributed by atoms with van der Waals surface area (Å²) in [7, 11) is 0. The predicted octanol–water partition coefficient (Wildman–Crippen LogP) is 2.33. The van der Waals surface area contributed by atoms with Crippen molar-refractivity contribution in [2.45, 2.75) is 39.3 Å². The Morgan fingerprint density at radius 2 is 2.04 bits per heavy atom. The van der Waals surface area contributed by atoms with Gasteiger partial charge in [-0.05, 0) is 29.7 Å². The Hall–Kier alpha value is -2.89. The summed E-state index contributed by atoms with van der Waals surface area (Å²) in [5.41, 5.74) is 2.93. The zero-order valence-electron chi connectivity index (χ0n) is 15.9. The Balaban J connectivity index is 1.65. The molecule has 0 unspecified atom stereocenters. The average Bonchev–Trinajstić information content (AvgIpc) is 3.07. The average molecular weight is 367 g/mol. The number of hydrogen-bond donors (Lipinski definition) is 2. The van der Waals surface area contributed by atoms with Crippen molar-refractivity contribution in [2.75, 3.05) is 6.54 Å². The van der Waals surface area contributed by atoms with Crippen LogP contribution in [0.3, 0.4) is 0 Å². The second-order valence-electron chi connectivity index (χ2n) is 7.12. The number of nitrogens with one attached hydrogen (secondary N) is 2. The first-order chi connectivity index (χ1) is 13.0. The lowest BCUT2D eigenvalue weighted by Gasteiger charge is -2.22. The van der Waals surface area contributed by atoms with Crippen molar-refractivity contribution in [3.8, 4) is 17.0 Å². The summed E-state index contributed by atoms with van der Waals surface area (Å²) >= 11 is 0. The molecule has 6 nitrogen and oxygen atoms in total. The van der Waals surface area contributed by atoms with Gasteiger partial charge in [0.05, 0.1) is 12.2 Å². The molecule has 142 valence electrons. The van der Waals surface area contributed by atoms with Crippen molar-refractivity contribution in [1.82, 2.24) is 15.6 Å². The van der Waals surface area contributed by atoms with Gasteiger partial charge in [-0.15, -0.1) is 0 Å². The summed E-state index contributed by atoms with van der Waals surface area (Å²) in [5.74, 6) is 0.433. The summed E-state index contributed by atoms with van der Waals surface area (Å²) in [6.45, 7) is 5.61. The minimum absolute atomic E-state index is 0.00588. The van der Waals surface area contributed by atoms with Crippen molar-refractivity contribution in [1.29, 1.82) is 0 Å². The molecule has 2 amide bonds. The number of carbonyl (C=O) groups is 2. The minimum atomic E-state index is -0.546. The monoisotopic (exact) mass is 367 g/mol.